The van der Waals surface area contributed by atoms with Crippen LogP contribution in [-0.4, -0.2) is 21.6 Å². The van der Waals surface area contributed by atoms with Crippen LogP contribution in [-0.2, 0) is 18.3 Å². The van der Waals surface area contributed by atoms with Gasteiger partial charge >= 0.3 is 5.97 Å². The molecule has 26 heavy (non-hydrogen) atoms. The Labute approximate surface area is 154 Å². The summed E-state index contributed by atoms with van der Waals surface area (Å²) in [6.07, 6.45) is -0.128. The first kappa shape index (κ1) is 17.9. The smallest absolute Gasteiger partial charge is 0.352 e. The third-order valence-electron chi connectivity index (χ3n) is 4.20. The Kier molecular flexibility index (Phi) is 4.70. The number of aromatic carboxylic acids is 1. The second-order valence-corrected chi connectivity index (χ2v) is 6.47. The third kappa shape index (κ3) is 3.28. The molecule has 1 amide bonds. The molecule has 0 unspecified atom stereocenters. The number of fused-ring (bicyclic) bond motifs is 1. The van der Waals surface area contributed by atoms with Crippen LogP contribution in [0.5, 0.6) is 0 Å². The van der Waals surface area contributed by atoms with Gasteiger partial charge in [-0.25, -0.2) is 9.18 Å². The second-order valence-electron chi connectivity index (χ2n) is 6.07. The van der Waals surface area contributed by atoms with Gasteiger partial charge in [0.25, 0.3) is 0 Å². The number of aryl methyl sites for hydroxylation is 2. The summed E-state index contributed by atoms with van der Waals surface area (Å²) in [4.78, 5) is 24.1. The topological polar surface area (TPSA) is 71.3 Å². The van der Waals surface area contributed by atoms with E-state index < -0.39 is 17.7 Å². The maximum atomic E-state index is 13.2. The lowest BCUT2D eigenvalue weighted by molar-refractivity contribution is -0.115. The number of carboxylic acids is 1. The first-order valence-corrected chi connectivity index (χ1v) is 8.22. The normalized spacial score (nSPS) is 10.9. The zero-order valence-electron chi connectivity index (χ0n) is 14.1. The molecule has 0 aliphatic heterocycles. The van der Waals surface area contributed by atoms with E-state index in [0.717, 1.165) is 22.5 Å². The summed E-state index contributed by atoms with van der Waals surface area (Å²) < 4.78 is 14.8. The number of amides is 1. The molecule has 0 bridgehead atoms. The summed E-state index contributed by atoms with van der Waals surface area (Å²) in [6, 6.07) is 9.43. The minimum Gasteiger partial charge on any atom is -0.477 e. The molecule has 1 heterocycles. The van der Waals surface area contributed by atoms with Crippen molar-refractivity contribution < 1.29 is 19.1 Å². The van der Waals surface area contributed by atoms with Crippen LogP contribution in [0.15, 0.2) is 36.4 Å². The van der Waals surface area contributed by atoms with Crippen LogP contribution in [0, 0.1) is 12.7 Å². The zero-order chi connectivity index (χ0) is 19.0. The summed E-state index contributed by atoms with van der Waals surface area (Å²) in [5, 5.41) is 12.8. The van der Waals surface area contributed by atoms with Gasteiger partial charge in [0.2, 0.25) is 5.91 Å². The fraction of sp³-hybridized carbons (Fsp3) is 0.158. The fourth-order valence-electron chi connectivity index (χ4n) is 3.03. The summed E-state index contributed by atoms with van der Waals surface area (Å²) in [5.74, 6) is -2.10. The minimum absolute atomic E-state index is 0.0675. The van der Waals surface area contributed by atoms with E-state index in [2.05, 4.69) is 5.32 Å². The Morgan fingerprint density at radius 1 is 1.23 bits per heavy atom. The van der Waals surface area contributed by atoms with Crippen molar-refractivity contribution in [1.29, 1.82) is 0 Å². The molecule has 2 N–H and O–H groups in total. The van der Waals surface area contributed by atoms with Crippen LogP contribution in [0.4, 0.5) is 10.1 Å². The number of carbonyl (C=O) groups excluding carboxylic acids is 1. The molecule has 0 fully saturated rings. The van der Waals surface area contributed by atoms with Crippen molar-refractivity contribution in [3.8, 4) is 0 Å². The van der Waals surface area contributed by atoms with Gasteiger partial charge in [-0.2, -0.15) is 0 Å². The average molecular weight is 375 g/mol. The van der Waals surface area contributed by atoms with Gasteiger partial charge in [-0.05, 0) is 37.3 Å². The van der Waals surface area contributed by atoms with Crippen LogP contribution < -0.4 is 5.32 Å². The highest BCUT2D eigenvalue weighted by molar-refractivity contribution is 6.31. The van der Waals surface area contributed by atoms with Crippen LogP contribution in [0.1, 0.15) is 21.6 Å². The molecule has 0 spiro atoms. The second kappa shape index (κ2) is 6.80. The number of halogens is 2. The number of carboxylic acid groups (broad SMARTS) is 1. The molecule has 0 saturated heterocycles. The van der Waals surface area contributed by atoms with E-state index in [0.29, 0.717) is 11.3 Å². The summed E-state index contributed by atoms with van der Waals surface area (Å²) in [6.45, 7) is 1.90. The van der Waals surface area contributed by atoms with Gasteiger partial charge in [0.15, 0.2) is 0 Å². The molecule has 0 saturated carbocycles. The summed E-state index contributed by atoms with van der Waals surface area (Å²) in [7, 11) is 1.66. The minimum atomic E-state index is -1.10. The molecule has 3 aromatic rings. The SMILES string of the molecule is Cc1ccc2c(c1)c(CC(=O)Nc1ccc(F)c(Cl)c1)c(C(=O)O)n2C. The Morgan fingerprint density at radius 2 is 1.96 bits per heavy atom. The number of hydrogen-bond acceptors (Lipinski definition) is 2. The molecular weight excluding hydrogens is 359 g/mol. The van der Waals surface area contributed by atoms with Gasteiger partial charge in [0, 0.05) is 29.2 Å². The number of rotatable bonds is 4. The van der Waals surface area contributed by atoms with Crippen molar-refractivity contribution in [3.05, 3.63) is 64.1 Å². The molecule has 0 aliphatic carbocycles. The maximum Gasteiger partial charge on any atom is 0.352 e. The van der Waals surface area contributed by atoms with Crippen molar-refractivity contribution in [1.82, 2.24) is 4.57 Å². The first-order valence-electron chi connectivity index (χ1n) is 7.84. The number of hydrogen-bond donors (Lipinski definition) is 2. The first-order chi connectivity index (χ1) is 12.3. The van der Waals surface area contributed by atoms with E-state index in [-0.39, 0.29) is 17.1 Å². The molecule has 2 aromatic carbocycles. The van der Waals surface area contributed by atoms with E-state index in [1.165, 1.54) is 12.1 Å². The van der Waals surface area contributed by atoms with Gasteiger partial charge in [0.05, 0.1) is 11.4 Å². The standard InChI is InChI=1S/C19H16ClFN2O3/c1-10-3-6-16-12(7-10)13(18(19(25)26)23(16)2)9-17(24)22-11-4-5-15(21)14(20)8-11/h3-8H,9H2,1-2H3,(H,22,24)(H,25,26). The number of nitrogens with one attached hydrogen (secondary N) is 1. The van der Waals surface area contributed by atoms with Crippen LogP contribution in [0.2, 0.25) is 5.02 Å². The van der Waals surface area contributed by atoms with Gasteiger partial charge < -0.3 is 15.0 Å². The zero-order valence-corrected chi connectivity index (χ0v) is 14.9. The molecule has 7 heteroatoms. The van der Waals surface area contributed by atoms with Crippen molar-refractivity contribution in [2.24, 2.45) is 7.05 Å². The molecule has 0 aliphatic rings. The quantitative estimate of drug-likeness (QED) is 0.720. The van der Waals surface area contributed by atoms with E-state index in [1.54, 1.807) is 11.6 Å². The summed E-state index contributed by atoms with van der Waals surface area (Å²) in [5.41, 5.74) is 2.55. The van der Waals surface area contributed by atoms with Crippen LogP contribution in [0.3, 0.4) is 0 Å². The van der Waals surface area contributed by atoms with Gasteiger partial charge in [-0.3, -0.25) is 4.79 Å². The van der Waals surface area contributed by atoms with Gasteiger partial charge in [-0.1, -0.05) is 23.2 Å². The van der Waals surface area contributed by atoms with E-state index in [1.807, 2.05) is 25.1 Å². The Balaban J connectivity index is 1.98. The number of anilines is 1. The average Bonchev–Trinajstić information content (AvgIpc) is 2.82. The highest BCUT2D eigenvalue weighted by atomic mass is 35.5. The summed E-state index contributed by atoms with van der Waals surface area (Å²) >= 11 is 5.72. The van der Waals surface area contributed by atoms with Crippen LogP contribution >= 0.6 is 11.6 Å². The number of aromatic nitrogens is 1. The molecule has 0 atom stereocenters. The van der Waals surface area contributed by atoms with Crippen LogP contribution in [0.25, 0.3) is 10.9 Å². The molecule has 3 rings (SSSR count). The number of nitrogens with zero attached hydrogens (tertiary/aromatic N) is 1. The van der Waals surface area contributed by atoms with E-state index in [4.69, 9.17) is 11.6 Å². The van der Waals surface area contributed by atoms with Crippen molar-refractivity contribution in [2.45, 2.75) is 13.3 Å². The maximum absolute atomic E-state index is 13.2. The molecule has 5 nitrogen and oxygen atoms in total. The Morgan fingerprint density at radius 3 is 2.62 bits per heavy atom. The molecule has 134 valence electrons. The lowest BCUT2D eigenvalue weighted by atomic mass is 10.0. The molecule has 1 aromatic heterocycles. The fourth-order valence-corrected chi connectivity index (χ4v) is 3.21. The van der Waals surface area contributed by atoms with E-state index in [9.17, 15) is 19.1 Å². The molecule has 0 radical (unpaired) electrons. The number of carbonyl (C=O) groups is 2. The lowest BCUT2D eigenvalue weighted by Crippen LogP contribution is -2.17. The Bertz CT molecular complexity index is 1040. The molecular formula is C19H16ClFN2O3. The van der Waals surface area contributed by atoms with Crippen molar-refractivity contribution >= 4 is 40.1 Å². The predicted octanol–water partition coefficient (Wildman–Crippen LogP) is 4.16. The lowest BCUT2D eigenvalue weighted by Gasteiger charge is -2.07. The van der Waals surface area contributed by atoms with Gasteiger partial charge in [-0.15, -0.1) is 0 Å². The third-order valence-corrected chi connectivity index (χ3v) is 4.49. The highest BCUT2D eigenvalue weighted by Crippen LogP contribution is 2.28. The van der Waals surface area contributed by atoms with Crippen molar-refractivity contribution in [2.75, 3.05) is 5.32 Å². The highest BCUT2D eigenvalue weighted by Gasteiger charge is 2.22. The van der Waals surface area contributed by atoms with Gasteiger partial charge in [0.1, 0.15) is 11.5 Å². The monoisotopic (exact) mass is 374 g/mol. The Hall–Kier alpha value is -2.86. The predicted molar refractivity (Wildman–Crippen MR) is 98.4 cm³/mol. The largest absolute Gasteiger partial charge is 0.477 e. The number of benzene rings is 2. The van der Waals surface area contributed by atoms with E-state index >= 15 is 0 Å². The van der Waals surface area contributed by atoms with Crippen molar-refractivity contribution in [3.63, 3.8) is 0 Å².